The molecule has 0 saturated carbocycles. The maximum Gasteiger partial charge on any atom is 0.472 e. The summed E-state index contributed by atoms with van der Waals surface area (Å²) in [6, 6.07) is 0. The van der Waals surface area contributed by atoms with E-state index >= 15 is 0 Å². The Kier molecular flexibility index (Phi) is 50.2. The van der Waals surface area contributed by atoms with Crippen LogP contribution in [-0.4, -0.2) is 96.7 Å². The van der Waals surface area contributed by atoms with Crippen molar-refractivity contribution in [2.24, 2.45) is 23.7 Å². The number of rotatable bonds is 58. The van der Waals surface area contributed by atoms with E-state index in [0.717, 1.165) is 115 Å². The van der Waals surface area contributed by atoms with Gasteiger partial charge >= 0.3 is 39.5 Å². The van der Waals surface area contributed by atoms with Gasteiger partial charge in [-0.2, -0.15) is 0 Å². The maximum atomic E-state index is 12.9. The number of aliphatic hydroxyl groups is 1. The third-order valence-corrected chi connectivity index (χ3v) is 16.1. The average Bonchev–Trinajstić information content (AvgIpc) is 3.40. The molecule has 0 aliphatic rings. The van der Waals surface area contributed by atoms with Crippen molar-refractivity contribution in [3.63, 3.8) is 0 Å². The molecule has 0 bridgehead atoms. The van der Waals surface area contributed by atoms with Crippen LogP contribution in [0.5, 0.6) is 0 Å². The zero-order chi connectivity index (χ0) is 59.7. The van der Waals surface area contributed by atoms with Crippen molar-refractivity contribution >= 4 is 39.5 Å². The lowest BCUT2D eigenvalue weighted by Gasteiger charge is -2.21. The molecule has 0 spiro atoms. The fraction of sp³-hybridized carbons (Fsp3) is 0.934. The minimum atomic E-state index is -4.94. The quantitative estimate of drug-likeness (QED) is 0.0222. The Labute approximate surface area is 486 Å². The third-order valence-electron chi connectivity index (χ3n) is 14.2. The number of aliphatic hydroxyl groups excluding tert-OH is 1. The summed E-state index contributed by atoms with van der Waals surface area (Å²) in [7, 11) is -9.88. The van der Waals surface area contributed by atoms with Crippen LogP contribution in [0.4, 0.5) is 0 Å². The lowest BCUT2D eigenvalue weighted by molar-refractivity contribution is -0.161. The average molecular weight is 1190 g/mol. The highest BCUT2D eigenvalue weighted by molar-refractivity contribution is 7.47. The van der Waals surface area contributed by atoms with E-state index in [-0.39, 0.29) is 25.7 Å². The number of ether oxygens (including phenoxy) is 4. The summed E-state index contributed by atoms with van der Waals surface area (Å²) >= 11 is 0. The van der Waals surface area contributed by atoms with Crippen LogP contribution in [0.15, 0.2) is 0 Å². The monoisotopic (exact) mass is 1180 g/mol. The van der Waals surface area contributed by atoms with Crippen molar-refractivity contribution in [2.75, 3.05) is 39.6 Å². The number of esters is 4. The fourth-order valence-electron chi connectivity index (χ4n) is 8.87. The van der Waals surface area contributed by atoms with Crippen LogP contribution in [0, 0.1) is 23.7 Å². The van der Waals surface area contributed by atoms with E-state index in [4.69, 9.17) is 37.0 Å². The molecular weight excluding hydrogens is 1070 g/mol. The molecule has 0 saturated heterocycles. The van der Waals surface area contributed by atoms with Gasteiger partial charge in [-0.1, -0.05) is 235 Å². The van der Waals surface area contributed by atoms with Gasteiger partial charge < -0.3 is 33.8 Å². The second kappa shape index (κ2) is 51.5. The lowest BCUT2D eigenvalue weighted by Crippen LogP contribution is -2.30. The molecule has 0 heterocycles. The van der Waals surface area contributed by atoms with Crippen molar-refractivity contribution in [1.29, 1.82) is 0 Å². The predicted molar refractivity (Wildman–Crippen MR) is 317 cm³/mol. The summed E-state index contributed by atoms with van der Waals surface area (Å²) in [4.78, 5) is 72.0. The number of unbranched alkanes of at least 4 members (excludes halogenated alkanes) is 23. The summed E-state index contributed by atoms with van der Waals surface area (Å²) in [5.41, 5.74) is 0. The molecule has 0 aromatic carbocycles. The summed E-state index contributed by atoms with van der Waals surface area (Å²) in [5, 5.41) is 10.5. The number of phosphoric ester groups is 2. The normalized spacial score (nSPS) is 14.9. The Balaban J connectivity index is 5.25. The van der Waals surface area contributed by atoms with Gasteiger partial charge in [0.2, 0.25) is 0 Å². The van der Waals surface area contributed by atoms with E-state index in [1.165, 1.54) is 77.0 Å². The number of hydrogen-bond donors (Lipinski definition) is 3. The van der Waals surface area contributed by atoms with Gasteiger partial charge in [-0.05, 0) is 49.4 Å². The Morgan fingerprint density at radius 3 is 0.887 bits per heavy atom. The SMILES string of the molecule is CCC(C)CCCCCCCCC(=O)O[C@H](COC(=O)CCCCCCCCC(C)C)COP(=O)(O)OC[C@H](O)COP(=O)(O)OC[C@@H](COC(=O)CCCCCCCCC(C)C)OC(=O)CCCCCCCCCCCC(C)C. The van der Waals surface area contributed by atoms with E-state index in [9.17, 15) is 43.2 Å². The standard InChI is InChI=1S/C61H118O17P2/c1-9-54(8)40-32-24-17-20-28-36-44-61(66)78-57(48-72-59(64)42-34-26-19-16-23-31-39-53(6)7)50-76-80(69,70)74-46-55(62)45-73-79(67,68)75-49-56(47-71-58(63)41-33-25-18-15-22-30-38-52(4)5)77-60(65)43-35-27-14-12-10-11-13-21-29-37-51(2)3/h51-57,62H,9-50H2,1-8H3,(H,67,68)(H,69,70)/t54?,55-,56-,57-/m1/s1. The van der Waals surface area contributed by atoms with Crippen molar-refractivity contribution < 1.29 is 80.2 Å². The van der Waals surface area contributed by atoms with Gasteiger partial charge in [-0.3, -0.25) is 37.3 Å². The zero-order valence-corrected chi connectivity index (χ0v) is 53.5. The Bertz CT molecular complexity index is 1610. The van der Waals surface area contributed by atoms with Gasteiger partial charge in [0.25, 0.3) is 0 Å². The first-order chi connectivity index (χ1) is 38.1. The molecule has 17 nitrogen and oxygen atoms in total. The van der Waals surface area contributed by atoms with E-state index in [2.05, 4.69) is 55.4 Å². The van der Waals surface area contributed by atoms with Gasteiger partial charge in [-0.25, -0.2) is 9.13 Å². The van der Waals surface area contributed by atoms with Gasteiger partial charge in [0.15, 0.2) is 12.2 Å². The topological polar surface area (TPSA) is 237 Å². The molecule has 0 aromatic rings. The second-order valence-corrected chi connectivity index (χ2v) is 26.7. The van der Waals surface area contributed by atoms with Crippen molar-refractivity contribution in [3.8, 4) is 0 Å². The van der Waals surface area contributed by atoms with Crippen LogP contribution in [0.1, 0.15) is 287 Å². The van der Waals surface area contributed by atoms with Gasteiger partial charge in [-0.15, -0.1) is 0 Å². The molecule has 0 amide bonds. The molecule has 19 heteroatoms. The smallest absolute Gasteiger partial charge is 0.462 e. The highest BCUT2D eigenvalue weighted by Crippen LogP contribution is 2.45. The number of phosphoric acid groups is 2. The lowest BCUT2D eigenvalue weighted by atomic mass is 10.00. The summed E-state index contributed by atoms with van der Waals surface area (Å²) in [6.07, 6.45) is 29.7. The largest absolute Gasteiger partial charge is 0.472 e. The number of carbonyl (C=O) groups is 4. The van der Waals surface area contributed by atoms with Crippen LogP contribution in [0.25, 0.3) is 0 Å². The summed E-state index contributed by atoms with van der Waals surface area (Å²) in [6.45, 7) is 13.8. The van der Waals surface area contributed by atoms with Gasteiger partial charge in [0.05, 0.1) is 26.4 Å². The molecule has 0 aliphatic carbocycles. The molecular formula is C61H118O17P2. The van der Waals surface area contributed by atoms with E-state index in [1.54, 1.807) is 0 Å². The molecule has 3 unspecified atom stereocenters. The van der Waals surface area contributed by atoms with Crippen LogP contribution in [0.3, 0.4) is 0 Å². The number of hydrogen-bond acceptors (Lipinski definition) is 15. The zero-order valence-electron chi connectivity index (χ0n) is 51.7. The fourth-order valence-corrected chi connectivity index (χ4v) is 10.4. The Morgan fingerprint density at radius 1 is 0.350 bits per heavy atom. The van der Waals surface area contributed by atoms with Crippen LogP contribution in [-0.2, 0) is 65.4 Å². The minimum absolute atomic E-state index is 0.101. The molecule has 474 valence electrons. The molecule has 80 heavy (non-hydrogen) atoms. The van der Waals surface area contributed by atoms with Gasteiger partial charge in [0.1, 0.15) is 19.3 Å². The molecule has 6 atom stereocenters. The highest BCUT2D eigenvalue weighted by atomic mass is 31.2. The molecule has 0 aromatic heterocycles. The highest BCUT2D eigenvalue weighted by Gasteiger charge is 2.30. The van der Waals surface area contributed by atoms with E-state index < -0.39 is 97.5 Å². The second-order valence-electron chi connectivity index (χ2n) is 23.8. The van der Waals surface area contributed by atoms with Crippen molar-refractivity contribution in [3.05, 3.63) is 0 Å². The number of carbonyl (C=O) groups excluding carboxylic acids is 4. The van der Waals surface area contributed by atoms with E-state index in [1.807, 2.05) is 0 Å². The van der Waals surface area contributed by atoms with Crippen LogP contribution >= 0.6 is 15.6 Å². The van der Waals surface area contributed by atoms with Crippen molar-refractivity contribution in [2.45, 2.75) is 305 Å². The van der Waals surface area contributed by atoms with Gasteiger partial charge in [0, 0.05) is 25.7 Å². The van der Waals surface area contributed by atoms with Crippen LogP contribution in [0.2, 0.25) is 0 Å². The third kappa shape index (κ3) is 54.0. The first-order valence-corrected chi connectivity index (χ1v) is 34.7. The molecule has 3 N–H and O–H groups in total. The summed E-state index contributed by atoms with van der Waals surface area (Å²) in [5.74, 6) is 0.667. The molecule has 0 radical (unpaired) electrons. The first kappa shape index (κ1) is 78.1. The molecule has 0 aliphatic heterocycles. The minimum Gasteiger partial charge on any atom is -0.462 e. The molecule has 0 rings (SSSR count). The maximum absolute atomic E-state index is 12.9. The molecule has 0 fully saturated rings. The van der Waals surface area contributed by atoms with E-state index in [0.29, 0.717) is 37.5 Å². The Morgan fingerprint density at radius 2 is 0.600 bits per heavy atom. The van der Waals surface area contributed by atoms with Crippen LogP contribution < -0.4 is 0 Å². The predicted octanol–water partition coefficient (Wildman–Crippen LogP) is 16.2. The first-order valence-electron chi connectivity index (χ1n) is 31.7. The summed E-state index contributed by atoms with van der Waals surface area (Å²) < 4.78 is 67.8. The Hall–Kier alpha value is -1.94. The van der Waals surface area contributed by atoms with Crippen molar-refractivity contribution in [1.82, 2.24) is 0 Å².